The van der Waals surface area contributed by atoms with E-state index in [4.69, 9.17) is 14.2 Å². The van der Waals surface area contributed by atoms with E-state index in [0.717, 1.165) is 34.6 Å². The summed E-state index contributed by atoms with van der Waals surface area (Å²) in [7, 11) is 2.98. The fourth-order valence-electron chi connectivity index (χ4n) is 5.04. The molecule has 0 fully saturated rings. The summed E-state index contributed by atoms with van der Waals surface area (Å²) in [6.45, 7) is 8.36. The average molecular weight is 476 g/mol. The fourth-order valence-corrected chi connectivity index (χ4v) is 5.04. The van der Waals surface area contributed by atoms with Gasteiger partial charge in [0.25, 0.3) is 0 Å². The van der Waals surface area contributed by atoms with E-state index in [1.54, 1.807) is 7.11 Å². The number of rotatable bonds is 6. The van der Waals surface area contributed by atoms with Crippen LogP contribution in [0.15, 0.2) is 65.0 Å². The van der Waals surface area contributed by atoms with E-state index in [1.807, 2.05) is 56.3 Å². The molecule has 1 aliphatic carbocycles. The Bertz CT molecular complexity index is 1220. The van der Waals surface area contributed by atoms with E-state index in [1.165, 1.54) is 7.11 Å². The second kappa shape index (κ2) is 9.61. The van der Waals surface area contributed by atoms with Crippen LogP contribution in [0.2, 0.25) is 0 Å². The van der Waals surface area contributed by atoms with Gasteiger partial charge in [0, 0.05) is 34.9 Å². The second-order valence-corrected chi connectivity index (χ2v) is 10.1. The first-order chi connectivity index (χ1) is 16.6. The molecule has 184 valence electrons. The van der Waals surface area contributed by atoms with Gasteiger partial charge in [-0.1, -0.05) is 37.6 Å². The molecule has 0 aromatic heterocycles. The van der Waals surface area contributed by atoms with Crippen molar-refractivity contribution in [3.8, 4) is 11.5 Å². The van der Waals surface area contributed by atoms with Crippen LogP contribution in [0.4, 0.5) is 0 Å². The van der Waals surface area contributed by atoms with Crippen molar-refractivity contribution in [3.05, 3.63) is 81.7 Å². The molecule has 0 saturated heterocycles. The molecule has 1 heterocycles. The predicted octanol–water partition coefficient (Wildman–Crippen LogP) is 5.36. The smallest absolute Gasteiger partial charge is 0.336 e. The zero-order valence-corrected chi connectivity index (χ0v) is 21.3. The van der Waals surface area contributed by atoms with Crippen LogP contribution in [-0.2, 0) is 20.9 Å². The van der Waals surface area contributed by atoms with Crippen LogP contribution in [0, 0.1) is 12.3 Å². The quantitative estimate of drug-likeness (QED) is 0.567. The van der Waals surface area contributed by atoms with Crippen LogP contribution >= 0.6 is 0 Å². The Balaban J connectivity index is 1.78. The van der Waals surface area contributed by atoms with Crippen molar-refractivity contribution in [3.63, 3.8) is 0 Å². The van der Waals surface area contributed by atoms with E-state index in [2.05, 4.69) is 19.2 Å². The summed E-state index contributed by atoms with van der Waals surface area (Å²) in [6, 6.07) is 13.6. The summed E-state index contributed by atoms with van der Waals surface area (Å²) in [6.07, 6.45) is 1.16. The maximum Gasteiger partial charge on any atom is 0.336 e. The van der Waals surface area contributed by atoms with Gasteiger partial charge in [-0.2, -0.15) is 0 Å². The maximum absolute atomic E-state index is 13.4. The summed E-state index contributed by atoms with van der Waals surface area (Å²) < 4.78 is 16.8. The van der Waals surface area contributed by atoms with Crippen molar-refractivity contribution in [2.45, 2.75) is 53.1 Å². The molecule has 1 N–H and O–H groups in total. The first kappa shape index (κ1) is 24.6. The molecule has 2 aliphatic rings. The summed E-state index contributed by atoms with van der Waals surface area (Å²) in [5, 5.41) is 3.35. The van der Waals surface area contributed by atoms with Gasteiger partial charge < -0.3 is 19.5 Å². The molecule has 1 aliphatic heterocycles. The van der Waals surface area contributed by atoms with Crippen molar-refractivity contribution < 1.29 is 23.8 Å². The maximum atomic E-state index is 13.4. The van der Waals surface area contributed by atoms with E-state index >= 15 is 0 Å². The van der Waals surface area contributed by atoms with Crippen LogP contribution in [0.1, 0.15) is 56.2 Å². The number of ketones is 1. The van der Waals surface area contributed by atoms with Gasteiger partial charge in [0.05, 0.1) is 19.8 Å². The predicted molar refractivity (Wildman–Crippen MR) is 134 cm³/mol. The molecule has 2 aromatic carbocycles. The Morgan fingerprint density at radius 3 is 2.43 bits per heavy atom. The van der Waals surface area contributed by atoms with Crippen LogP contribution in [0.3, 0.4) is 0 Å². The number of aryl methyl sites for hydroxylation is 1. The molecule has 0 amide bonds. The number of carbonyl (C=O) groups is 2. The van der Waals surface area contributed by atoms with Gasteiger partial charge in [-0.15, -0.1) is 0 Å². The molecule has 6 heteroatoms. The van der Waals surface area contributed by atoms with Crippen LogP contribution in [-0.4, -0.2) is 26.0 Å². The third kappa shape index (κ3) is 4.97. The number of nitrogens with one attached hydrogen (secondary N) is 1. The highest BCUT2D eigenvalue weighted by molar-refractivity contribution is 6.04. The fraction of sp³-hybridized carbons (Fsp3) is 0.379. The highest BCUT2D eigenvalue weighted by Crippen LogP contribution is 2.47. The number of dihydropyridines is 1. The molecule has 4 rings (SSSR count). The monoisotopic (exact) mass is 475 g/mol. The molecule has 0 spiro atoms. The van der Waals surface area contributed by atoms with Crippen LogP contribution in [0.25, 0.3) is 0 Å². The standard InChI is InChI=1S/C29H33NO5/c1-17-7-10-21(11-8-17)35-16-20-13-19(9-12-24(20)33-5)26-25(28(32)34-6)18(2)30-22-14-29(3,4)15-23(31)27(22)26/h7-13,26,30H,14-16H2,1-6H3/t26-/m1/s1. The Morgan fingerprint density at radius 2 is 1.77 bits per heavy atom. The van der Waals surface area contributed by atoms with Crippen molar-refractivity contribution in [2.24, 2.45) is 5.41 Å². The highest BCUT2D eigenvalue weighted by Gasteiger charge is 2.43. The van der Waals surface area contributed by atoms with Gasteiger partial charge in [-0.25, -0.2) is 4.79 Å². The molecule has 0 unspecified atom stereocenters. The molecular weight excluding hydrogens is 442 g/mol. The summed E-state index contributed by atoms with van der Waals surface area (Å²) in [5.74, 6) is 0.519. The van der Waals surface area contributed by atoms with Gasteiger partial charge in [0.2, 0.25) is 0 Å². The van der Waals surface area contributed by atoms with Crippen LogP contribution in [0.5, 0.6) is 11.5 Å². The Hall–Kier alpha value is -3.54. The van der Waals surface area contributed by atoms with E-state index in [-0.39, 0.29) is 17.8 Å². The summed E-state index contributed by atoms with van der Waals surface area (Å²) in [5.41, 5.74) is 5.36. The molecule has 0 radical (unpaired) electrons. The minimum absolute atomic E-state index is 0.0518. The topological polar surface area (TPSA) is 73.9 Å². The lowest BCUT2D eigenvalue weighted by atomic mass is 9.68. The number of Topliss-reactive ketones (excluding diaryl/α,β-unsaturated/α-hetero) is 1. The van der Waals surface area contributed by atoms with Gasteiger partial charge in [-0.05, 0) is 55.5 Å². The molecular formula is C29H33NO5. The van der Waals surface area contributed by atoms with Gasteiger partial charge >= 0.3 is 5.97 Å². The zero-order valence-electron chi connectivity index (χ0n) is 21.3. The second-order valence-electron chi connectivity index (χ2n) is 10.1. The molecule has 0 bridgehead atoms. The van der Waals surface area contributed by atoms with Gasteiger partial charge in [0.15, 0.2) is 5.78 Å². The van der Waals surface area contributed by atoms with Crippen molar-refractivity contribution in [1.29, 1.82) is 0 Å². The first-order valence-corrected chi connectivity index (χ1v) is 11.8. The van der Waals surface area contributed by atoms with Crippen LogP contribution < -0.4 is 14.8 Å². The number of carbonyl (C=O) groups excluding carboxylic acids is 2. The number of hydrogen-bond donors (Lipinski definition) is 1. The third-order valence-electron chi connectivity index (χ3n) is 6.70. The molecule has 6 nitrogen and oxygen atoms in total. The van der Waals surface area contributed by atoms with Crippen molar-refractivity contribution in [2.75, 3.05) is 14.2 Å². The lowest BCUT2D eigenvalue weighted by Gasteiger charge is -2.39. The normalized spacial score (nSPS) is 19.1. The zero-order chi connectivity index (χ0) is 25.3. The molecule has 0 saturated carbocycles. The number of esters is 1. The Labute approximate surface area is 207 Å². The summed E-state index contributed by atoms with van der Waals surface area (Å²) >= 11 is 0. The largest absolute Gasteiger partial charge is 0.496 e. The Kier molecular flexibility index (Phi) is 6.75. The minimum atomic E-state index is -0.522. The highest BCUT2D eigenvalue weighted by atomic mass is 16.5. The van der Waals surface area contributed by atoms with E-state index < -0.39 is 11.9 Å². The first-order valence-electron chi connectivity index (χ1n) is 11.8. The lowest BCUT2D eigenvalue weighted by Crippen LogP contribution is -2.38. The lowest BCUT2D eigenvalue weighted by molar-refractivity contribution is -0.136. The number of hydrogen-bond acceptors (Lipinski definition) is 6. The Morgan fingerprint density at radius 1 is 1.06 bits per heavy atom. The molecule has 2 aromatic rings. The number of ether oxygens (including phenoxy) is 3. The van der Waals surface area contributed by atoms with Crippen molar-refractivity contribution in [1.82, 2.24) is 5.32 Å². The third-order valence-corrected chi connectivity index (χ3v) is 6.70. The number of methoxy groups -OCH3 is 2. The summed E-state index contributed by atoms with van der Waals surface area (Å²) in [4.78, 5) is 26.3. The van der Waals surface area contributed by atoms with Crippen molar-refractivity contribution >= 4 is 11.8 Å². The number of benzene rings is 2. The van der Waals surface area contributed by atoms with E-state index in [9.17, 15) is 9.59 Å². The van der Waals surface area contributed by atoms with Gasteiger partial charge in [-0.3, -0.25) is 4.79 Å². The minimum Gasteiger partial charge on any atom is -0.496 e. The van der Waals surface area contributed by atoms with Gasteiger partial charge in [0.1, 0.15) is 18.1 Å². The number of allylic oxidation sites excluding steroid dienone is 3. The van der Waals surface area contributed by atoms with E-state index in [0.29, 0.717) is 29.0 Å². The molecule has 1 atom stereocenters. The molecule has 35 heavy (non-hydrogen) atoms. The SMILES string of the molecule is COC(=O)C1=C(C)NC2=C(C(=O)CC(C)(C)C2)[C@@H]1c1ccc(OC)c(COc2ccc(C)cc2)c1. The average Bonchev–Trinajstić information content (AvgIpc) is 2.81.